The second kappa shape index (κ2) is 13.9. The molecule has 1 rings (SSSR count). The van der Waals surface area contributed by atoms with Gasteiger partial charge in [-0.3, -0.25) is 9.59 Å². The molecule has 1 atom stereocenters. The fourth-order valence-electron chi connectivity index (χ4n) is 1.61. The van der Waals surface area contributed by atoms with Crippen LogP contribution in [0.1, 0.15) is 34.5 Å². The molecule has 1 aromatic rings. The molecule has 0 fully saturated rings. The zero-order valence-corrected chi connectivity index (χ0v) is 18.0. The molecule has 1 N–H and O–H groups in total. The zero-order chi connectivity index (χ0) is 18.7. The topological polar surface area (TPSA) is 90.9 Å². The van der Waals surface area contributed by atoms with E-state index in [-0.39, 0.29) is 49.9 Å². The van der Waals surface area contributed by atoms with E-state index in [0.717, 1.165) is 0 Å². The minimum absolute atomic E-state index is 0. The Labute approximate surface area is 181 Å². The summed E-state index contributed by atoms with van der Waals surface area (Å²) in [6.07, 6.45) is 0.444. The van der Waals surface area contributed by atoms with Crippen molar-refractivity contribution in [2.45, 2.75) is 33.1 Å². The molecule has 0 aliphatic carbocycles. The fourth-order valence-corrected chi connectivity index (χ4v) is 1.74. The van der Waals surface area contributed by atoms with Crippen molar-refractivity contribution in [2.24, 2.45) is 5.92 Å². The second-order valence-corrected chi connectivity index (χ2v) is 5.72. The molecule has 26 heavy (non-hydrogen) atoms. The number of nitrogens with one attached hydrogen (secondary N) is 1. The molecule has 0 radical (unpaired) electrons. The van der Waals surface area contributed by atoms with Gasteiger partial charge in [-0.15, -0.1) is 0 Å². The van der Waals surface area contributed by atoms with Crippen molar-refractivity contribution in [2.75, 3.05) is 13.3 Å². The van der Waals surface area contributed by atoms with Gasteiger partial charge in [0.25, 0.3) is 0 Å². The van der Waals surface area contributed by atoms with Gasteiger partial charge in [-0.1, -0.05) is 25.4 Å². The van der Waals surface area contributed by atoms with Crippen LogP contribution >= 0.6 is 11.6 Å². The zero-order valence-electron chi connectivity index (χ0n) is 16.2. The number of hydrogen-bond donors (Lipinski definition) is 1. The molecule has 0 aliphatic rings. The van der Waals surface area contributed by atoms with E-state index < -0.39 is 24.8 Å². The third kappa shape index (κ3) is 10.7. The van der Waals surface area contributed by atoms with Crippen molar-refractivity contribution in [1.82, 2.24) is 5.32 Å². The van der Waals surface area contributed by atoms with Crippen molar-refractivity contribution >= 4 is 29.6 Å². The van der Waals surface area contributed by atoms with Gasteiger partial charge in [0.15, 0.2) is 0 Å². The molecule has 9 heteroatoms. The van der Waals surface area contributed by atoms with E-state index in [1.54, 1.807) is 31.2 Å². The predicted octanol–water partition coefficient (Wildman–Crippen LogP) is 0.415. The minimum atomic E-state index is -0.719. The maximum absolute atomic E-state index is 11.6. The van der Waals surface area contributed by atoms with Crippen LogP contribution in [0.2, 0.25) is 5.02 Å². The molecular weight excluding hydrogens is 373 g/mol. The standard InChI is InChI=1S/C17H22ClNO6.Na.H/c1-3-12(2)16(21)23-11-24-17(22)19-10-4-5-15(20)25-14-8-6-13(18)7-9-14;;/h6-9,12H,3-5,10-11H2,1-2H3,(H,19,22);;/q;+1;-1. The van der Waals surface area contributed by atoms with Gasteiger partial charge in [-0.05, 0) is 37.1 Å². The molecule has 1 aromatic carbocycles. The average Bonchev–Trinajstić information content (AvgIpc) is 2.60. The Morgan fingerprint density at radius 1 is 1.19 bits per heavy atom. The van der Waals surface area contributed by atoms with Crippen molar-refractivity contribution in [1.29, 1.82) is 0 Å². The quantitative estimate of drug-likeness (QED) is 0.214. The summed E-state index contributed by atoms with van der Waals surface area (Å²) in [6.45, 7) is 3.38. The van der Waals surface area contributed by atoms with Crippen molar-refractivity contribution < 1.29 is 59.6 Å². The van der Waals surface area contributed by atoms with Crippen molar-refractivity contribution in [3.63, 3.8) is 0 Å². The first-order chi connectivity index (χ1) is 11.9. The molecule has 0 saturated carbocycles. The van der Waals surface area contributed by atoms with Gasteiger partial charge in [0.2, 0.25) is 6.79 Å². The first kappa shape index (κ1) is 24.7. The first-order valence-electron chi connectivity index (χ1n) is 7.96. The molecular formula is C17H23ClNNaO6. The molecule has 7 nitrogen and oxygen atoms in total. The summed E-state index contributed by atoms with van der Waals surface area (Å²) in [4.78, 5) is 34.4. The number of alkyl carbamates (subject to hydrolysis) is 1. The molecule has 0 bridgehead atoms. The van der Waals surface area contributed by atoms with Gasteiger partial charge in [-0.2, -0.15) is 0 Å². The van der Waals surface area contributed by atoms with Crippen molar-refractivity contribution in [3.05, 3.63) is 29.3 Å². The van der Waals surface area contributed by atoms with E-state index in [1.165, 1.54) is 0 Å². The van der Waals surface area contributed by atoms with Gasteiger partial charge in [0.05, 0.1) is 5.92 Å². The largest absolute Gasteiger partial charge is 1.00 e. The summed E-state index contributed by atoms with van der Waals surface area (Å²) in [6, 6.07) is 6.43. The van der Waals surface area contributed by atoms with Crippen LogP contribution in [-0.2, 0) is 19.1 Å². The Balaban J connectivity index is 0. The Morgan fingerprint density at radius 3 is 2.46 bits per heavy atom. The van der Waals surface area contributed by atoms with E-state index in [2.05, 4.69) is 5.32 Å². The number of carbonyl (C=O) groups excluding carboxylic acids is 3. The van der Waals surface area contributed by atoms with Gasteiger partial charge in [0, 0.05) is 18.0 Å². The number of ether oxygens (including phenoxy) is 3. The molecule has 0 aromatic heterocycles. The number of hydrogen-bond acceptors (Lipinski definition) is 6. The van der Waals surface area contributed by atoms with Crippen LogP contribution in [0.3, 0.4) is 0 Å². The van der Waals surface area contributed by atoms with Crippen LogP contribution in [0.5, 0.6) is 5.75 Å². The van der Waals surface area contributed by atoms with Crippen LogP contribution in [0.4, 0.5) is 4.79 Å². The SMILES string of the molecule is CCC(C)C(=O)OCOC(=O)NCCCC(=O)Oc1ccc(Cl)cc1.[H-].[Na+]. The summed E-state index contributed by atoms with van der Waals surface area (Å²) in [5.74, 6) is -0.663. The smallest absolute Gasteiger partial charge is 1.00 e. The van der Waals surface area contributed by atoms with E-state index in [9.17, 15) is 14.4 Å². The molecule has 0 heterocycles. The van der Waals surface area contributed by atoms with Gasteiger partial charge in [-0.25, -0.2) is 4.79 Å². The molecule has 140 valence electrons. The molecule has 0 saturated heterocycles. The normalized spacial score (nSPS) is 10.9. The summed E-state index contributed by atoms with van der Waals surface area (Å²) >= 11 is 5.74. The third-order valence-corrected chi connectivity index (χ3v) is 3.53. The van der Waals surface area contributed by atoms with E-state index in [1.807, 2.05) is 6.92 Å². The van der Waals surface area contributed by atoms with Crippen molar-refractivity contribution in [3.8, 4) is 5.75 Å². The number of benzene rings is 1. The maximum atomic E-state index is 11.6. The second-order valence-electron chi connectivity index (χ2n) is 5.28. The molecule has 1 amide bonds. The van der Waals surface area contributed by atoms with Gasteiger partial charge >= 0.3 is 47.6 Å². The van der Waals surface area contributed by atoms with Gasteiger partial charge < -0.3 is 21.0 Å². The summed E-state index contributed by atoms with van der Waals surface area (Å²) in [7, 11) is 0. The predicted molar refractivity (Wildman–Crippen MR) is 92.3 cm³/mol. The monoisotopic (exact) mass is 395 g/mol. The Kier molecular flexibility index (Phi) is 13.2. The first-order valence-corrected chi connectivity index (χ1v) is 8.33. The fraction of sp³-hybridized carbons (Fsp3) is 0.471. The third-order valence-electron chi connectivity index (χ3n) is 3.28. The summed E-state index contributed by atoms with van der Waals surface area (Å²) < 4.78 is 14.6. The Bertz CT molecular complexity index is 587. The number of rotatable bonds is 9. The molecule has 0 spiro atoms. The Morgan fingerprint density at radius 2 is 1.85 bits per heavy atom. The van der Waals surface area contributed by atoms with E-state index in [0.29, 0.717) is 23.6 Å². The minimum Gasteiger partial charge on any atom is -1.00 e. The summed E-state index contributed by atoms with van der Waals surface area (Å²) in [5, 5.41) is 3.00. The number of esters is 2. The molecule has 1 unspecified atom stereocenters. The van der Waals surface area contributed by atoms with Crippen LogP contribution in [0, 0.1) is 5.92 Å². The molecule has 0 aliphatic heterocycles. The number of halogens is 1. The maximum Gasteiger partial charge on any atom is 1.00 e. The van der Waals surface area contributed by atoms with Crippen LogP contribution in [0.25, 0.3) is 0 Å². The van der Waals surface area contributed by atoms with Crippen LogP contribution in [0.15, 0.2) is 24.3 Å². The van der Waals surface area contributed by atoms with Gasteiger partial charge in [0.1, 0.15) is 5.75 Å². The number of amides is 1. The van der Waals surface area contributed by atoms with Crippen LogP contribution < -0.4 is 39.6 Å². The van der Waals surface area contributed by atoms with E-state index in [4.69, 9.17) is 25.8 Å². The average molecular weight is 396 g/mol. The number of carbonyl (C=O) groups is 3. The summed E-state index contributed by atoms with van der Waals surface area (Å²) in [5.41, 5.74) is 0. The Hall–Kier alpha value is -1.28. The van der Waals surface area contributed by atoms with Crippen LogP contribution in [-0.4, -0.2) is 31.4 Å². The van der Waals surface area contributed by atoms with E-state index >= 15 is 0 Å².